The van der Waals surface area contributed by atoms with Crippen LogP contribution in [0.1, 0.15) is 12.8 Å². The van der Waals surface area contributed by atoms with Gasteiger partial charge in [-0.25, -0.2) is 0 Å². The lowest BCUT2D eigenvalue weighted by atomic mass is 10.1. The van der Waals surface area contributed by atoms with E-state index in [0.717, 1.165) is 41.0 Å². The largest absolute Gasteiger partial charge is 0.491 e. The fourth-order valence-electron chi connectivity index (χ4n) is 4.20. The van der Waals surface area contributed by atoms with Gasteiger partial charge in [-0.1, -0.05) is 42.5 Å². The minimum Gasteiger partial charge on any atom is -0.491 e. The summed E-state index contributed by atoms with van der Waals surface area (Å²) in [6.45, 7) is 1.04. The minimum absolute atomic E-state index is 0.518. The summed E-state index contributed by atoms with van der Waals surface area (Å²) in [6, 6.07) is 35.2. The van der Waals surface area contributed by atoms with Crippen LogP contribution < -0.4 is 14.4 Å². The molecule has 0 bridgehead atoms. The van der Waals surface area contributed by atoms with Crippen molar-refractivity contribution in [2.24, 2.45) is 20.5 Å². The van der Waals surface area contributed by atoms with Crippen LogP contribution in [0.25, 0.3) is 11.1 Å². The Hall–Kier alpha value is -5.37. The number of rotatable bonds is 13. The molecule has 0 amide bonds. The molecule has 1 heterocycles. The molecule has 1 aromatic heterocycles. The van der Waals surface area contributed by atoms with Crippen molar-refractivity contribution >= 4 is 28.4 Å². The van der Waals surface area contributed by atoms with Gasteiger partial charge in [0.1, 0.15) is 22.9 Å². The Morgan fingerprint density at radius 3 is 1.79 bits per heavy atom. The van der Waals surface area contributed by atoms with E-state index >= 15 is 0 Å². The van der Waals surface area contributed by atoms with E-state index in [2.05, 4.69) is 25.4 Å². The Labute approximate surface area is 252 Å². The van der Waals surface area contributed by atoms with E-state index in [1.54, 1.807) is 12.4 Å². The zero-order valence-electron chi connectivity index (χ0n) is 24.4. The molecule has 8 nitrogen and oxygen atoms in total. The van der Waals surface area contributed by atoms with Gasteiger partial charge in [0.2, 0.25) is 0 Å². The van der Waals surface area contributed by atoms with Gasteiger partial charge in [0.25, 0.3) is 0 Å². The molecule has 43 heavy (non-hydrogen) atoms. The van der Waals surface area contributed by atoms with Crippen molar-refractivity contribution in [3.05, 3.63) is 122 Å². The maximum Gasteiger partial charge on any atom is 0.148 e. The fraction of sp³-hybridized carbons (Fsp3) is 0.171. The molecule has 0 N–H and O–H groups in total. The lowest BCUT2D eigenvalue weighted by Crippen LogP contribution is -2.09. The van der Waals surface area contributed by atoms with E-state index in [0.29, 0.717) is 36.1 Å². The van der Waals surface area contributed by atoms with E-state index in [1.165, 1.54) is 0 Å². The molecule has 0 aliphatic carbocycles. The van der Waals surface area contributed by atoms with Gasteiger partial charge in [-0.05, 0) is 84.6 Å². The van der Waals surface area contributed by atoms with Crippen LogP contribution in [-0.2, 0) is 0 Å². The Bertz CT molecular complexity index is 1640. The standard InChI is InChI=1S/C35H34N6O2/c1-41(2)31-16-17-32(39-37-29-11-5-3-6-12-29)35(26-31)43-24-10-9-23-42-34-18-15-28(27-19-21-36-22-20-27)25-33(34)40-38-30-13-7-4-8-14-30/h3-8,11-22,25-26H,9-10,23-24H2,1-2H3. The molecule has 0 fully saturated rings. The highest BCUT2D eigenvalue weighted by molar-refractivity contribution is 5.70. The molecule has 0 aliphatic rings. The first-order chi connectivity index (χ1) is 21.2. The first kappa shape index (κ1) is 29.1. The van der Waals surface area contributed by atoms with Crippen molar-refractivity contribution in [2.45, 2.75) is 12.8 Å². The molecule has 8 heteroatoms. The Kier molecular flexibility index (Phi) is 10.2. The number of anilines is 1. The third-order valence-corrected chi connectivity index (χ3v) is 6.54. The number of unbranched alkanes of at least 4 members (excludes halogenated alkanes) is 1. The quantitative estimate of drug-likeness (QED) is 0.104. The summed E-state index contributed by atoms with van der Waals surface area (Å²) in [7, 11) is 4.00. The number of nitrogens with zero attached hydrogens (tertiary/aromatic N) is 6. The number of aromatic nitrogens is 1. The molecule has 216 valence electrons. The highest BCUT2D eigenvalue weighted by atomic mass is 16.5. The molecule has 0 spiro atoms. The van der Waals surface area contributed by atoms with E-state index in [1.807, 2.05) is 128 Å². The molecule has 0 saturated heterocycles. The van der Waals surface area contributed by atoms with E-state index in [-0.39, 0.29) is 0 Å². The van der Waals surface area contributed by atoms with Crippen LogP contribution in [0.15, 0.2) is 142 Å². The highest BCUT2D eigenvalue weighted by Gasteiger charge is 2.09. The summed E-state index contributed by atoms with van der Waals surface area (Å²) >= 11 is 0. The highest BCUT2D eigenvalue weighted by Crippen LogP contribution is 2.35. The van der Waals surface area contributed by atoms with E-state index in [4.69, 9.17) is 9.47 Å². The number of ether oxygens (including phenoxy) is 2. The predicted octanol–water partition coefficient (Wildman–Crippen LogP) is 9.88. The molecule has 4 aromatic carbocycles. The first-order valence-corrected chi connectivity index (χ1v) is 14.2. The third kappa shape index (κ3) is 8.56. The maximum absolute atomic E-state index is 6.17. The molecule has 0 saturated carbocycles. The minimum atomic E-state index is 0.518. The number of hydrogen-bond acceptors (Lipinski definition) is 8. The summed E-state index contributed by atoms with van der Waals surface area (Å²) < 4.78 is 12.3. The van der Waals surface area contributed by atoms with Crippen molar-refractivity contribution in [3.63, 3.8) is 0 Å². The topological polar surface area (TPSA) is 84.0 Å². The second kappa shape index (κ2) is 15.0. The first-order valence-electron chi connectivity index (χ1n) is 14.2. The average molecular weight is 571 g/mol. The van der Waals surface area contributed by atoms with Crippen LogP contribution in [0.4, 0.5) is 28.4 Å². The summed E-state index contributed by atoms with van der Waals surface area (Å²) in [5.41, 5.74) is 6.03. The van der Waals surface area contributed by atoms with Crippen LogP contribution in [0.3, 0.4) is 0 Å². The number of hydrogen-bond donors (Lipinski definition) is 0. The summed E-state index contributed by atoms with van der Waals surface area (Å²) in [5, 5.41) is 17.7. The molecule has 5 rings (SSSR count). The third-order valence-electron chi connectivity index (χ3n) is 6.54. The van der Waals surface area contributed by atoms with Crippen molar-refractivity contribution in [1.82, 2.24) is 4.98 Å². The van der Waals surface area contributed by atoms with E-state index in [9.17, 15) is 0 Å². The molecule has 0 radical (unpaired) electrons. The second-order valence-electron chi connectivity index (χ2n) is 9.94. The van der Waals surface area contributed by atoms with Gasteiger partial charge in [-0.15, -0.1) is 10.2 Å². The van der Waals surface area contributed by atoms with Gasteiger partial charge in [-0.2, -0.15) is 10.2 Å². The molecule has 0 aliphatic heterocycles. The van der Waals surface area contributed by atoms with Gasteiger partial charge in [0.05, 0.1) is 24.6 Å². The van der Waals surface area contributed by atoms with Crippen LogP contribution >= 0.6 is 0 Å². The Balaban J connectivity index is 1.21. The lowest BCUT2D eigenvalue weighted by Gasteiger charge is -2.15. The van der Waals surface area contributed by atoms with Gasteiger partial charge in [0, 0.05) is 38.2 Å². The van der Waals surface area contributed by atoms with Crippen LogP contribution in [0.5, 0.6) is 11.5 Å². The van der Waals surface area contributed by atoms with Gasteiger partial charge in [-0.3, -0.25) is 4.98 Å². The summed E-state index contributed by atoms with van der Waals surface area (Å²) in [4.78, 5) is 6.15. The molecule has 0 atom stereocenters. The predicted molar refractivity (Wildman–Crippen MR) is 172 cm³/mol. The molecule has 5 aromatic rings. The van der Waals surface area contributed by atoms with Gasteiger partial charge in [0.15, 0.2) is 0 Å². The Morgan fingerprint density at radius 2 is 1.16 bits per heavy atom. The van der Waals surface area contributed by atoms with Crippen LogP contribution in [0.2, 0.25) is 0 Å². The van der Waals surface area contributed by atoms with E-state index < -0.39 is 0 Å². The van der Waals surface area contributed by atoms with Gasteiger partial charge >= 0.3 is 0 Å². The zero-order chi connectivity index (χ0) is 29.7. The lowest BCUT2D eigenvalue weighted by molar-refractivity contribution is 0.267. The normalized spacial score (nSPS) is 11.2. The Morgan fingerprint density at radius 1 is 0.558 bits per heavy atom. The average Bonchev–Trinajstić information content (AvgIpc) is 3.06. The SMILES string of the molecule is CN(C)c1ccc(N=Nc2ccccc2)c(OCCCCOc2ccc(-c3ccncc3)cc2N=Nc2ccccc2)c1. The molecule has 0 unspecified atom stereocenters. The maximum atomic E-state index is 6.17. The van der Waals surface area contributed by atoms with Crippen molar-refractivity contribution in [3.8, 4) is 22.6 Å². The second-order valence-corrected chi connectivity index (χ2v) is 9.94. The number of pyridine rings is 1. The van der Waals surface area contributed by atoms with Crippen molar-refractivity contribution < 1.29 is 9.47 Å². The monoisotopic (exact) mass is 570 g/mol. The van der Waals surface area contributed by atoms with Crippen molar-refractivity contribution in [2.75, 3.05) is 32.2 Å². The van der Waals surface area contributed by atoms with Crippen LogP contribution in [-0.4, -0.2) is 32.3 Å². The molecular formula is C35H34N6O2. The fourth-order valence-corrected chi connectivity index (χ4v) is 4.20. The zero-order valence-corrected chi connectivity index (χ0v) is 24.4. The summed E-state index contributed by atoms with van der Waals surface area (Å²) in [6.07, 6.45) is 5.16. The summed E-state index contributed by atoms with van der Waals surface area (Å²) in [5.74, 6) is 1.38. The van der Waals surface area contributed by atoms with Crippen molar-refractivity contribution in [1.29, 1.82) is 0 Å². The number of azo groups is 2. The molecular weight excluding hydrogens is 536 g/mol. The number of benzene rings is 4. The van der Waals surface area contributed by atoms with Gasteiger partial charge < -0.3 is 14.4 Å². The smallest absolute Gasteiger partial charge is 0.148 e. The van der Waals surface area contributed by atoms with Crippen LogP contribution in [0, 0.1) is 0 Å².